The molecule has 2 rings (SSSR count). The highest BCUT2D eigenvalue weighted by molar-refractivity contribution is 6.41. The summed E-state index contributed by atoms with van der Waals surface area (Å²) in [6, 6.07) is 1.41. The maximum atomic E-state index is 13.2. The first-order valence-corrected chi connectivity index (χ1v) is 5.08. The van der Waals surface area contributed by atoms with E-state index in [9.17, 15) is 8.78 Å². The molecule has 1 saturated carbocycles. The number of aromatic nitrogens is 1. The van der Waals surface area contributed by atoms with Crippen LogP contribution >= 0.6 is 23.2 Å². The lowest BCUT2D eigenvalue weighted by atomic mass is 9.97. The first kappa shape index (κ1) is 11.0. The number of hydrogen-bond donors (Lipinski definition) is 1. The molecule has 0 bridgehead atoms. The van der Waals surface area contributed by atoms with Gasteiger partial charge in [0.25, 0.3) is 5.92 Å². The highest BCUT2D eigenvalue weighted by Crippen LogP contribution is 2.61. The monoisotopic (exact) mass is 252 g/mol. The summed E-state index contributed by atoms with van der Waals surface area (Å²) in [5, 5.41) is 0.279. The van der Waals surface area contributed by atoms with E-state index in [0.717, 1.165) is 0 Å². The molecule has 1 unspecified atom stereocenters. The Balaban J connectivity index is 2.42. The Bertz CT molecular complexity index is 411. The van der Waals surface area contributed by atoms with E-state index < -0.39 is 11.3 Å². The molecule has 6 heteroatoms. The third kappa shape index (κ3) is 1.51. The average Bonchev–Trinajstić information content (AvgIpc) is 2.75. The molecule has 1 aliphatic rings. The number of pyridine rings is 1. The zero-order chi connectivity index (χ0) is 11.3. The molecule has 0 spiro atoms. The standard InChI is InChI=1S/C9H8Cl2F2N2/c10-6-1-5(2-15-7(6)11)8(4-14)3-9(8,12)13/h1-2H,3-4,14H2. The second-order valence-electron chi connectivity index (χ2n) is 3.66. The lowest BCUT2D eigenvalue weighted by Gasteiger charge is -2.14. The van der Waals surface area contributed by atoms with Crippen LogP contribution in [0.1, 0.15) is 12.0 Å². The predicted molar refractivity (Wildman–Crippen MR) is 54.6 cm³/mol. The number of nitrogens with zero attached hydrogens (tertiary/aromatic N) is 1. The van der Waals surface area contributed by atoms with E-state index in [1.165, 1.54) is 12.3 Å². The van der Waals surface area contributed by atoms with E-state index in [1.54, 1.807) is 0 Å². The highest BCUT2D eigenvalue weighted by atomic mass is 35.5. The molecular weight excluding hydrogens is 245 g/mol. The molecule has 1 aliphatic carbocycles. The first-order chi connectivity index (χ1) is 6.93. The molecule has 0 aromatic carbocycles. The Morgan fingerprint density at radius 1 is 1.47 bits per heavy atom. The summed E-state index contributed by atoms with van der Waals surface area (Å²) in [6.07, 6.45) is 1.05. The molecule has 1 atom stereocenters. The van der Waals surface area contributed by atoms with E-state index in [-0.39, 0.29) is 23.1 Å². The van der Waals surface area contributed by atoms with Crippen LogP contribution in [0.3, 0.4) is 0 Å². The minimum absolute atomic E-state index is 0.108. The lowest BCUT2D eigenvalue weighted by molar-refractivity contribution is 0.0895. The summed E-state index contributed by atoms with van der Waals surface area (Å²) < 4.78 is 26.4. The Morgan fingerprint density at radius 3 is 2.47 bits per heavy atom. The summed E-state index contributed by atoms with van der Waals surface area (Å²) >= 11 is 11.3. The molecule has 1 fully saturated rings. The molecule has 82 valence electrons. The van der Waals surface area contributed by atoms with Gasteiger partial charge in [0, 0.05) is 19.2 Å². The van der Waals surface area contributed by atoms with Gasteiger partial charge in [-0.1, -0.05) is 23.2 Å². The summed E-state index contributed by atoms with van der Waals surface area (Å²) in [6.45, 7) is -0.125. The molecule has 0 radical (unpaired) electrons. The van der Waals surface area contributed by atoms with Crippen LogP contribution in [-0.4, -0.2) is 17.5 Å². The number of alkyl halides is 2. The van der Waals surface area contributed by atoms with Gasteiger partial charge in [0.15, 0.2) is 0 Å². The molecule has 2 N–H and O–H groups in total. The second-order valence-corrected chi connectivity index (χ2v) is 4.43. The Kier molecular flexibility index (Phi) is 2.41. The Morgan fingerprint density at radius 2 is 2.07 bits per heavy atom. The molecule has 0 amide bonds. The van der Waals surface area contributed by atoms with Crippen molar-refractivity contribution < 1.29 is 8.78 Å². The average molecular weight is 253 g/mol. The largest absolute Gasteiger partial charge is 0.329 e. The van der Waals surface area contributed by atoms with Gasteiger partial charge in [-0.2, -0.15) is 0 Å². The third-order valence-electron chi connectivity index (χ3n) is 2.80. The number of nitrogens with two attached hydrogens (primary N) is 1. The highest BCUT2D eigenvalue weighted by Gasteiger charge is 2.71. The summed E-state index contributed by atoms with van der Waals surface area (Å²) in [5.41, 5.74) is 4.43. The molecule has 1 heterocycles. The van der Waals surface area contributed by atoms with Gasteiger partial charge >= 0.3 is 0 Å². The van der Waals surface area contributed by atoms with Gasteiger partial charge in [-0.15, -0.1) is 0 Å². The summed E-state index contributed by atoms with van der Waals surface area (Å²) in [7, 11) is 0. The normalized spacial score (nSPS) is 27.8. The van der Waals surface area contributed by atoms with Gasteiger partial charge in [0.2, 0.25) is 0 Å². The molecule has 0 saturated heterocycles. The van der Waals surface area contributed by atoms with Gasteiger partial charge in [-0.3, -0.25) is 0 Å². The lowest BCUT2D eigenvalue weighted by Crippen LogP contribution is -2.26. The van der Waals surface area contributed by atoms with E-state index >= 15 is 0 Å². The van der Waals surface area contributed by atoms with Gasteiger partial charge in [-0.05, 0) is 11.6 Å². The van der Waals surface area contributed by atoms with Crippen molar-refractivity contribution >= 4 is 23.2 Å². The fourth-order valence-corrected chi connectivity index (χ4v) is 1.94. The Labute approximate surface area is 95.4 Å². The number of rotatable bonds is 2. The maximum absolute atomic E-state index is 13.2. The van der Waals surface area contributed by atoms with E-state index in [0.29, 0.717) is 5.56 Å². The minimum Gasteiger partial charge on any atom is -0.329 e. The van der Waals surface area contributed by atoms with Crippen LogP contribution in [0.25, 0.3) is 0 Å². The summed E-state index contributed by atoms with van der Waals surface area (Å²) in [4.78, 5) is 3.74. The maximum Gasteiger partial charge on any atom is 0.260 e. The van der Waals surface area contributed by atoms with Gasteiger partial charge in [0.1, 0.15) is 5.15 Å². The van der Waals surface area contributed by atoms with Crippen LogP contribution in [0.2, 0.25) is 10.2 Å². The van der Waals surface area contributed by atoms with E-state index in [1.807, 2.05) is 0 Å². The molecular formula is C9H8Cl2F2N2. The predicted octanol–water partition coefficient (Wildman–Crippen LogP) is 2.62. The van der Waals surface area contributed by atoms with Crippen LogP contribution in [-0.2, 0) is 5.41 Å². The number of hydrogen-bond acceptors (Lipinski definition) is 2. The van der Waals surface area contributed by atoms with Gasteiger partial charge in [-0.25, -0.2) is 13.8 Å². The zero-order valence-electron chi connectivity index (χ0n) is 7.61. The molecule has 0 aliphatic heterocycles. The fourth-order valence-electron chi connectivity index (χ4n) is 1.67. The SMILES string of the molecule is NCC1(c2cnc(Cl)c(Cl)c2)CC1(F)F. The zero-order valence-corrected chi connectivity index (χ0v) is 9.12. The third-order valence-corrected chi connectivity index (χ3v) is 3.48. The molecule has 1 aromatic heterocycles. The quantitative estimate of drug-likeness (QED) is 0.823. The van der Waals surface area contributed by atoms with Crippen LogP contribution in [0, 0.1) is 0 Å². The van der Waals surface area contributed by atoms with Crippen molar-refractivity contribution in [3.63, 3.8) is 0 Å². The van der Waals surface area contributed by atoms with Crippen molar-refractivity contribution in [1.82, 2.24) is 4.98 Å². The molecule has 15 heavy (non-hydrogen) atoms. The van der Waals surface area contributed by atoms with Gasteiger partial charge in [0.05, 0.1) is 10.4 Å². The van der Waals surface area contributed by atoms with Crippen molar-refractivity contribution in [1.29, 1.82) is 0 Å². The molecule has 2 nitrogen and oxygen atoms in total. The fraction of sp³-hybridized carbons (Fsp3) is 0.444. The van der Waals surface area contributed by atoms with Crippen LogP contribution in [0.15, 0.2) is 12.3 Å². The van der Waals surface area contributed by atoms with Crippen LogP contribution in [0.4, 0.5) is 8.78 Å². The topological polar surface area (TPSA) is 38.9 Å². The van der Waals surface area contributed by atoms with E-state index in [2.05, 4.69) is 4.98 Å². The minimum atomic E-state index is -2.76. The second kappa shape index (κ2) is 3.27. The van der Waals surface area contributed by atoms with Crippen molar-refractivity contribution in [2.24, 2.45) is 5.73 Å². The van der Waals surface area contributed by atoms with Crippen molar-refractivity contribution in [2.45, 2.75) is 17.8 Å². The van der Waals surface area contributed by atoms with Crippen molar-refractivity contribution in [3.05, 3.63) is 28.0 Å². The number of halogens is 4. The molecule has 1 aromatic rings. The smallest absolute Gasteiger partial charge is 0.260 e. The van der Waals surface area contributed by atoms with Gasteiger partial charge < -0.3 is 5.73 Å². The van der Waals surface area contributed by atoms with Crippen LogP contribution < -0.4 is 5.73 Å². The first-order valence-electron chi connectivity index (χ1n) is 4.32. The summed E-state index contributed by atoms with van der Waals surface area (Å²) in [5.74, 6) is -2.76. The van der Waals surface area contributed by atoms with E-state index in [4.69, 9.17) is 28.9 Å². The van der Waals surface area contributed by atoms with Crippen LogP contribution in [0.5, 0.6) is 0 Å². The van der Waals surface area contributed by atoms with Crippen molar-refractivity contribution in [3.8, 4) is 0 Å². The van der Waals surface area contributed by atoms with Crippen molar-refractivity contribution in [2.75, 3.05) is 6.54 Å². The Hall–Kier alpha value is -0.450.